The summed E-state index contributed by atoms with van der Waals surface area (Å²) in [4.78, 5) is 11.9. The Labute approximate surface area is 119 Å². The first-order valence-electron chi connectivity index (χ1n) is 7.04. The van der Waals surface area contributed by atoms with Crippen molar-refractivity contribution in [1.82, 2.24) is 0 Å². The van der Waals surface area contributed by atoms with E-state index in [1.807, 2.05) is 0 Å². The van der Waals surface area contributed by atoms with Crippen LogP contribution in [0.25, 0.3) is 0 Å². The van der Waals surface area contributed by atoms with Gasteiger partial charge in [-0.2, -0.15) is 0 Å². The van der Waals surface area contributed by atoms with Crippen LogP contribution < -0.4 is 15.8 Å². The lowest BCUT2D eigenvalue weighted by Crippen LogP contribution is -2.21. The van der Waals surface area contributed by atoms with Crippen LogP contribution in [0.1, 0.15) is 32.1 Å². The molecule has 110 valence electrons. The molecule has 0 bridgehead atoms. The third kappa shape index (κ3) is 4.13. The highest BCUT2D eigenvalue weighted by Gasteiger charge is 2.15. The predicted molar refractivity (Wildman–Crippen MR) is 78.9 cm³/mol. The van der Waals surface area contributed by atoms with E-state index < -0.39 is 0 Å². The molecule has 1 saturated heterocycles. The van der Waals surface area contributed by atoms with Crippen LogP contribution in [0.3, 0.4) is 0 Å². The first kappa shape index (κ1) is 14.7. The van der Waals surface area contributed by atoms with Crippen LogP contribution in [0.2, 0.25) is 0 Å². The molecule has 1 aromatic rings. The fourth-order valence-corrected chi connectivity index (χ4v) is 2.34. The van der Waals surface area contributed by atoms with Gasteiger partial charge in [-0.15, -0.1) is 0 Å². The van der Waals surface area contributed by atoms with E-state index in [-0.39, 0.29) is 12.0 Å². The van der Waals surface area contributed by atoms with E-state index in [9.17, 15) is 4.79 Å². The van der Waals surface area contributed by atoms with Gasteiger partial charge in [0, 0.05) is 24.8 Å². The number of carbonyl (C=O) groups excluding carboxylic acids is 1. The number of rotatable bonds is 5. The average Bonchev–Trinajstić information content (AvgIpc) is 2.48. The van der Waals surface area contributed by atoms with Crippen molar-refractivity contribution < 1.29 is 14.3 Å². The first-order chi connectivity index (χ1) is 9.69. The summed E-state index contributed by atoms with van der Waals surface area (Å²) in [6.07, 6.45) is 4.86. The van der Waals surface area contributed by atoms with Crippen LogP contribution >= 0.6 is 0 Å². The van der Waals surface area contributed by atoms with Gasteiger partial charge in [-0.25, -0.2) is 0 Å². The maximum atomic E-state index is 11.9. The van der Waals surface area contributed by atoms with Gasteiger partial charge in [-0.1, -0.05) is 0 Å². The smallest absolute Gasteiger partial charge is 0.224 e. The highest BCUT2D eigenvalue weighted by Crippen LogP contribution is 2.25. The summed E-state index contributed by atoms with van der Waals surface area (Å²) in [6, 6.07) is 5.22. The lowest BCUT2D eigenvalue weighted by Gasteiger charge is -2.22. The van der Waals surface area contributed by atoms with E-state index in [1.165, 1.54) is 6.42 Å². The van der Waals surface area contributed by atoms with Gasteiger partial charge >= 0.3 is 0 Å². The van der Waals surface area contributed by atoms with Crippen molar-refractivity contribution in [3.05, 3.63) is 18.2 Å². The number of anilines is 2. The second kappa shape index (κ2) is 7.14. The molecular weight excluding hydrogens is 256 g/mol. The number of nitrogens with one attached hydrogen (secondary N) is 1. The molecule has 5 heteroatoms. The number of amides is 1. The van der Waals surface area contributed by atoms with Crippen molar-refractivity contribution in [2.75, 3.05) is 24.8 Å². The fraction of sp³-hybridized carbons (Fsp3) is 0.533. The summed E-state index contributed by atoms with van der Waals surface area (Å²) in [5.74, 6) is 0.560. The number of hydrogen-bond acceptors (Lipinski definition) is 4. The van der Waals surface area contributed by atoms with Gasteiger partial charge in [-0.05, 0) is 37.8 Å². The Morgan fingerprint density at radius 3 is 3.05 bits per heavy atom. The summed E-state index contributed by atoms with van der Waals surface area (Å²) in [6.45, 7) is 0.821. The first-order valence-corrected chi connectivity index (χ1v) is 7.04. The molecule has 2 rings (SSSR count). The second-order valence-corrected chi connectivity index (χ2v) is 5.03. The van der Waals surface area contributed by atoms with Crippen LogP contribution in [-0.2, 0) is 9.53 Å². The summed E-state index contributed by atoms with van der Waals surface area (Å²) >= 11 is 0. The Bertz CT molecular complexity index is 456. The molecule has 1 unspecified atom stereocenters. The van der Waals surface area contributed by atoms with Gasteiger partial charge in [0.1, 0.15) is 5.75 Å². The summed E-state index contributed by atoms with van der Waals surface area (Å²) < 4.78 is 10.7. The molecule has 1 aromatic carbocycles. The van der Waals surface area contributed by atoms with Crippen molar-refractivity contribution in [2.24, 2.45) is 0 Å². The molecule has 3 N–H and O–H groups in total. The fourth-order valence-electron chi connectivity index (χ4n) is 2.34. The Morgan fingerprint density at radius 1 is 1.50 bits per heavy atom. The number of benzene rings is 1. The van der Waals surface area contributed by atoms with Crippen LogP contribution in [0.15, 0.2) is 18.2 Å². The molecule has 1 aliphatic heterocycles. The number of methoxy groups -OCH3 is 1. The molecule has 0 spiro atoms. The Balaban J connectivity index is 1.81. The van der Waals surface area contributed by atoms with E-state index in [1.54, 1.807) is 25.3 Å². The van der Waals surface area contributed by atoms with Crippen molar-refractivity contribution in [1.29, 1.82) is 0 Å². The zero-order valence-electron chi connectivity index (χ0n) is 11.9. The lowest BCUT2D eigenvalue weighted by molar-refractivity contribution is -0.117. The zero-order chi connectivity index (χ0) is 14.4. The molecule has 0 aromatic heterocycles. The van der Waals surface area contributed by atoms with Crippen LogP contribution in [-0.4, -0.2) is 25.7 Å². The monoisotopic (exact) mass is 278 g/mol. The van der Waals surface area contributed by atoms with Crippen LogP contribution in [0, 0.1) is 0 Å². The number of ether oxygens (including phenoxy) is 2. The molecule has 1 heterocycles. The third-order valence-electron chi connectivity index (χ3n) is 3.48. The van der Waals surface area contributed by atoms with Crippen molar-refractivity contribution in [3.63, 3.8) is 0 Å². The quantitative estimate of drug-likeness (QED) is 0.812. The number of carbonyl (C=O) groups is 1. The van der Waals surface area contributed by atoms with E-state index >= 15 is 0 Å². The molecule has 1 atom stereocenters. The molecule has 5 nitrogen and oxygen atoms in total. The molecule has 1 aliphatic rings. The van der Waals surface area contributed by atoms with E-state index in [0.717, 1.165) is 25.9 Å². The van der Waals surface area contributed by atoms with Gasteiger partial charge in [0.05, 0.1) is 18.9 Å². The minimum atomic E-state index is -0.00834. The minimum absolute atomic E-state index is 0.00834. The molecule has 20 heavy (non-hydrogen) atoms. The van der Waals surface area contributed by atoms with Gasteiger partial charge < -0.3 is 20.5 Å². The summed E-state index contributed by atoms with van der Waals surface area (Å²) in [5.41, 5.74) is 6.99. The lowest BCUT2D eigenvalue weighted by atomic mass is 10.0. The highest BCUT2D eigenvalue weighted by molar-refractivity contribution is 5.91. The minimum Gasteiger partial charge on any atom is -0.495 e. The Hall–Kier alpha value is -1.75. The van der Waals surface area contributed by atoms with Crippen LogP contribution in [0.5, 0.6) is 5.75 Å². The van der Waals surface area contributed by atoms with Crippen molar-refractivity contribution >= 4 is 17.3 Å². The molecule has 0 radical (unpaired) electrons. The maximum absolute atomic E-state index is 11.9. The maximum Gasteiger partial charge on any atom is 0.224 e. The molecule has 0 aliphatic carbocycles. The average molecular weight is 278 g/mol. The van der Waals surface area contributed by atoms with Crippen LogP contribution in [0.4, 0.5) is 11.4 Å². The number of hydrogen-bond donors (Lipinski definition) is 2. The van der Waals surface area contributed by atoms with Crippen molar-refractivity contribution in [2.45, 2.75) is 38.2 Å². The topological polar surface area (TPSA) is 73.6 Å². The van der Waals surface area contributed by atoms with Crippen molar-refractivity contribution in [3.8, 4) is 5.75 Å². The summed E-state index contributed by atoms with van der Waals surface area (Å²) in [7, 11) is 1.55. The van der Waals surface area contributed by atoms with E-state index in [4.69, 9.17) is 15.2 Å². The van der Waals surface area contributed by atoms with E-state index in [0.29, 0.717) is 23.5 Å². The number of nitrogen functional groups attached to an aromatic ring is 1. The second-order valence-electron chi connectivity index (χ2n) is 5.03. The summed E-state index contributed by atoms with van der Waals surface area (Å²) in [5, 5.41) is 2.85. The molecular formula is C15H22N2O3. The Kier molecular flexibility index (Phi) is 5.24. The number of nitrogens with two attached hydrogens (primary N) is 1. The van der Waals surface area contributed by atoms with Gasteiger partial charge in [-0.3, -0.25) is 4.79 Å². The predicted octanol–water partition coefficient (Wildman–Crippen LogP) is 2.57. The van der Waals surface area contributed by atoms with Gasteiger partial charge in [0.25, 0.3) is 0 Å². The highest BCUT2D eigenvalue weighted by atomic mass is 16.5. The third-order valence-corrected chi connectivity index (χ3v) is 3.48. The SMILES string of the molecule is COc1cc(NC(=O)CCC2CCCCO2)ccc1N. The van der Waals surface area contributed by atoms with Gasteiger partial charge in [0.2, 0.25) is 5.91 Å². The van der Waals surface area contributed by atoms with Gasteiger partial charge in [0.15, 0.2) is 0 Å². The normalized spacial score (nSPS) is 18.6. The Morgan fingerprint density at radius 2 is 2.35 bits per heavy atom. The van der Waals surface area contributed by atoms with E-state index in [2.05, 4.69) is 5.32 Å². The molecule has 1 amide bonds. The molecule has 1 fully saturated rings. The largest absolute Gasteiger partial charge is 0.495 e. The zero-order valence-corrected chi connectivity index (χ0v) is 11.9. The molecule has 0 saturated carbocycles. The standard InChI is InChI=1S/C15H22N2O3/c1-19-14-10-11(5-7-13(14)16)17-15(18)8-6-12-4-2-3-9-20-12/h5,7,10,12H,2-4,6,8-9,16H2,1H3,(H,17,18).